The monoisotopic (exact) mass is 176 g/mol. The van der Waals surface area contributed by atoms with E-state index in [4.69, 9.17) is 9.57 Å². The highest BCUT2D eigenvalue weighted by Crippen LogP contribution is 1.80. The molecule has 0 saturated carbocycles. The smallest absolute Gasteiger partial charge is 0.0915 e. The Bertz CT molecular complexity index is 89.1. The first-order chi connectivity index (χ1) is 5.77. The van der Waals surface area contributed by atoms with E-state index < -0.39 is 0 Å². The summed E-state index contributed by atoms with van der Waals surface area (Å²) in [4.78, 5) is 7.21. The van der Waals surface area contributed by atoms with Gasteiger partial charge in [-0.15, -0.1) is 0 Å². The van der Waals surface area contributed by atoms with Gasteiger partial charge in [-0.1, -0.05) is 0 Å². The molecule has 0 aliphatic rings. The Morgan fingerprint density at radius 1 is 1.25 bits per heavy atom. The minimum Gasteiger partial charge on any atom is -0.382 e. The first-order valence-electron chi connectivity index (χ1n) is 4.25. The molecule has 0 aliphatic heterocycles. The van der Waals surface area contributed by atoms with Crippen molar-refractivity contribution in [2.75, 3.05) is 47.5 Å². The summed E-state index contributed by atoms with van der Waals surface area (Å²) in [5.74, 6) is 0. The summed E-state index contributed by atoms with van der Waals surface area (Å²) in [5.41, 5.74) is 2.87. The Labute approximate surface area is 74.8 Å². The van der Waals surface area contributed by atoms with Crippen LogP contribution in [-0.4, -0.2) is 52.4 Å². The fourth-order valence-electron chi connectivity index (χ4n) is 0.737. The van der Waals surface area contributed by atoms with Crippen LogP contribution in [0.15, 0.2) is 0 Å². The largest absolute Gasteiger partial charge is 0.382 e. The van der Waals surface area contributed by atoms with E-state index in [2.05, 4.69) is 24.5 Å². The Kier molecular flexibility index (Phi) is 8.81. The first kappa shape index (κ1) is 11.8. The summed E-state index contributed by atoms with van der Waals surface area (Å²) < 4.78 is 4.81. The van der Waals surface area contributed by atoms with E-state index in [0.29, 0.717) is 13.2 Å². The molecular formula is C8H20N2O2. The van der Waals surface area contributed by atoms with Crippen molar-refractivity contribution < 1.29 is 9.57 Å². The van der Waals surface area contributed by atoms with Gasteiger partial charge in [0.05, 0.1) is 13.2 Å². The van der Waals surface area contributed by atoms with Crippen molar-refractivity contribution in [3.05, 3.63) is 0 Å². The average molecular weight is 176 g/mol. The number of rotatable bonds is 8. The molecule has 0 fully saturated rings. The van der Waals surface area contributed by atoms with Crippen molar-refractivity contribution >= 4 is 0 Å². The van der Waals surface area contributed by atoms with Gasteiger partial charge in [-0.3, -0.25) is 4.84 Å². The molecule has 0 spiro atoms. The molecule has 0 atom stereocenters. The zero-order valence-electron chi connectivity index (χ0n) is 8.30. The van der Waals surface area contributed by atoms with Crippen molar-refractivity contribution in [3.8, 4) is 0 Å². The Balaban J connectivity index is 2.82. The maximum Gasteiger partial charge on any atom is 0.0915 e. The highest BCUT2D eigenvalue weighted by Gasteiger charge is 1.90. The molecule has 0 aromatic rings. The lowest BCUT2D eigenvalue weighted by Crippen LogP contribution is -2.22. The van der Waals surface area contributed by atoms with Crippen molar-refractivity contribution in [1.82, 2.24) is 10.4 Å². The van der Waals surface area contributed by atoms with Crippen molar-refractivity contribution in [1.29, 1.82) is 0 Å². The molecule has 12 heavy (non-hydrogen) atoms. The van der Waals surface area contributed by atoms with Gasteiger partial charge in [0, 0.05) is 13.7 Å². The van der Waals surface area contributed by atoms with E-state index in [9.17, 15) is 0 Å². The molecule has 4 nitrogen and oxygen atoms in total. The number of ether oxygens (including phenoxy) is 1. The lowest BCUT2D eigenvalue weighted by molar-refractivity contribution is 0.00610. The van der Waals surface area contributed by atoms with Crippen LogP contribution in [0.5, 0.6) is 0 Å². The van der Waals surface area contributed by atoms with Gasteiger partial charge >= 0.3 is 0 Å². The summed E-state index contributed by atoms with van der Waals surface area (Å²) in [5, 5.41) is 0. The van der Waals surface area contributed by atoms with E-state index in [-0.39, 0.29) is 0 Å². The number of nitrogens with one attached hydrogen (secondary N) is 1. The van der Waals surface area contributed by atoms with Gasteiger partial charge in [-0.05, 0) is 27.1 Å². The topological polar surface area (TPSA) is 33.7 Å². The summed E-state index contributed by atoms with van der Waals surface area (Å²) >= 11 is 0. The predicted molar refractivity (Wildman–Crippen MR) is 49.0 cm³/mol. The van der Waals surface area contributed by atoms with E-state index in [1.54, 1.807) is 7.11 Å². The molecule has 0 aromatic heterocycles. The second-order valence-corrected chi connectivity index (χ2v) is 2.89. The van der Waals surface area contributed by atoms with Crippen LogP contribution in [0.1, 0.15) is 6.42 Å². The van der Waals surface area contributed by atoms with Crippen LogP contribution in [0.4, 0.5) is 0 Å². The van der Waals surface area contributed by atoms with Gasteiger partial charge in [-0.2, -0.15) is 0 Å². The molecule has 1 N–H and O–H groups in total. The van der Waals surface area contributed by atoms with Gasteiger partial charge in [0.1, 0.15) is 0 Å². The van der Waals surface area contributed by atoms with Crippen LogP contribution in [0.25, 0.3) is 0 Å². The second-order valence-electron chi connectivity index (χ2n) is 2.89. The van der Waals surface area contributed by atoms with E-state index in [1.807, 2.05) is 0 Å². The molecule has 0 bridgehead atoms. The van der Waals surface area contributed by atoms with Gasteiger partial charge in [0.25, 0.3) is 0 Å². The normalized spacial score (nSPS) is 11.0. The van der Waals surface area contributed by atoms with Crippen LogP contribution in [0.3, 0.4) is 0 Å². The lowest BCUT2D eigenvalue weighted by atomic mass is 10.4. The van der Waals surface area contributed by atoms with Crippen molar-refractivity contribution in [2.24, 2.45) is 0 Å². The zero-order valence-corrected chi connectivity index (χ0v) is 8.30. The molecular weight excluding hydrogens is 156 g/mol. The van der Waals surface area contributed by atoms with Gasteiger partial charge in [-0.25, -0.2) is 5.48 Å². The number of hydrogen-bond donors (Lipinski definition) is 1. The van der Waals surface area contributed by atoms with Crippen molar-refractivity contribution in [2.45, 2.75) is 6.42 Å². The van der Waals surface area contributed by atoms with Gasteiger partial charge in [0.15, 0.2) is 0 Å². The standard InChI is InChI=1S/C8H20N2O2/c1-10(2)6-4-5-9-12-8-7-11-3/h9H,4-8H2,1-3H3. The Morgan fingerprint density at radius 2 is 2.00 bits per heavy atom. The van der Waals surface area contributed by atoms with Crippen LogP contribution >= 0.6 is 0 Å². The second kappa shape index (κ2) is 8.93. The summed E-state index contributed by atoms with van der Waals surface area (Å²) in [6.07, 6.45) is 1.10. The maximum absolute atomic E-state index is 5.06. The molecule has 74 valence electrons. The first-order valence-corrected chi connectivity index (χ1v) is 4.25. The van der Waals surface area contributed by atoms with Gasteiger partial charge in [0.2, 0.25) is 0 Å². The van der Waals surface area contributed by atoms with Gasteiger partial charge < -0.3 is 9.64 Å². The number of methoxy groups -OCH3 is 1. The molecule has 0 saturated heterocycles. The minimum absolute atomic E-state index is 0.610. The molecule has 4 heteroatoms. The number of hydrogen-bond acceptors (Lipinski definition) is 4. The third-order valence-corrected chi connectivity index (χ3v) is 1.38. The number of hydroxylamine groups is 1. The number of nitrogens with zero attached hydrogens (tertiary/aromatic N) is 1. The molecule has 0 amide bonds. The molecule has 0 heterocycles. The third kappa shape index (κ3) is 9.84. The predicted octanol–water partition coefficient (Wildman–Crippen LogP) is 0.106. The SMILES string of the molecule is COCCONCCCN(C)C. The molecule has 0 radical (unpaired) electrons. The summed E-state index contributed by atoms with van der Waals surface area (Å²) in [6, 6.07) is 0. The lowest BCUT2D eigenvalue weighted by Gasteiger charge is -2.09. The minimum atomic E-state index is 0.610. The highest BCUT2D eigenvalue weighted by atomic mass is 16.7. The summed E-state index contributed by atoms with van der Waals surface area (Å²) in [6.45, 7) is 3.22. The van der Waals surface area contributed by atoms with Crippen molar-refractivity contribution in [3.63, 3.8) is 0 Å². The van der Waals surface area contributed by atoms with Crippen LogP contribution < -0.4 is 5.48 Å². The average Bonchev–Trinajstić information content (AvgIpc) is 2.02. The van der Waals surface area contributed by atoms with Crippen LogP contribution in [-0.2, 0) is 9.57 Å². The molecule has 0 aliphatic carbocycles. The highest BCUT2D eigenvalue weighted by molar-refractivity contribution is 4.44. The van der Waals surface area contributed by atoms with E-state index >= 15 is 0 Å². The zero-order chi connectivity index (χ0) is 9.23. The van der Waals surface area contributed by atoms with E-state index in [1.165, 1.54) is 0 Å². The fraction of sp³-hybridized carbons (Fsp3) is 1.00. The maximum atomic E-state index is 5.06. The molecule has 0 unspecified atom stereocenters. The summed E-state index contributed by atoms with van der Waals surface area (Å²) in [7, 11) is 5.78. The molecule has 0 aromatic carbocycles. The van der Waals surface area contributed by atoms with E-state index in [0.717, 1.165) is 19.5 Å². The van der Waals surface area contributed by atoms with Crippen LogP contribution in [0.2, 0.25) is 0 Å². The van der Waals surface area contributed by atoms with Crippen LogP contribution in [0, 0.1) is 0 Å². The Hall–Kier alpha value is -0.160. The quantitative estimate of drug-likeness (QED) is 0.420. The molecule has 0 rings (SSSR count). The third-order valence-electron chi connectivity index (χ3n) is 1.38. The fourth-order valence-corrected chi connectivity index (χ4v) is 0.737. The Morgan fingerprint density at radius 3 is 2.58 bits per heavy atom.